The van der Waals surface area contributed by atoms with Crippen LogP contribution in [0.2, 0.25) is 0 Å². The number of amides is 2. The maximum absolute atomic E-state index is 11.9. The Morgan fingerprint density at radius 2 is 2.12 bits per heavy atom. The van der Waals surface area contributed by atoms with E-state index >= 15 is 0 Å². The molecule has 0 fully saturated rings. The molecule has 2 aromatic rings. The van der Waals surface area contributed by atoms with Gasteiger partial charge in [-0.15, -0.1) is 23.0 Å². The largest absolute Gasteiger partial charge is 0.466 e. The standard InChI is InChI=1S/C17H20N4O3S/c1-3-10-21-14(11-15(22)24-4-2)12-25-17(21)20-19-16(23)18-13-8-6-5-7-9-13/h3,5-9,12H,1,4,10-11H2,2H3,(H2,18,19,23)/b20-17-. The number of esters is 1. The number of hydrogen-bond acceptors (Lipinski definition) is 5. The van der Waals surface area contributed by atoms with E-state index in [4.69, 9.17) is 4.74 Å². The van der Waals surface area contributed by atoms with Gasteiger partial charge >= 0.3 is 12.0 Å². The van der Waals surface area contributed by atoms with Gasteiger partial charge in [0, 0.05) is 23.3 Å². The molecule has 7 nitrogen and oxygen atoms in total. The van der Waals surface area contributed by atoms with Crippen molar-refractivity contribution in [1.29, 1.82) is 0 Å². The predicted octanol–water partition coefficient (Wildman–Crippen LogP) is 2.48. The highest BCUT2D eigenvalue weighted by Crippen LogP contribution is 2.06. The molecule has 0 spiro atoms. The summed E-state index contributed by atoms with van der Waals surface area (Å²) in [6, 6.07) is 8.62. The second kappa shape index (κ2) is 9.43. The van der Waals surface area contributed by atoms with Crippen molar-refractivity contribution in [2.24, 2.45) is 5.10 Å². The highest BCUT2D eigenvalue weighted by atomic mass is 32.1. The van der Waals surface area contributed by atoms with Crippen LogP contribution in [0, 0.1) is 0 Å². The maximum atomic E-state index is 11.9. The predicted molar refractivity (Wildman–Crippen MR) is 97.0 cm³/mol. The van der Waals surface area contributed by atoms with Gasteiger partial charge in [-0.25, -0.2) is 10.2 Å². The van der Waals surface area contributed by atoms with Crippen molar-refractivity contribution < 1.29 is 14.3 Å². The Labute approximate surface area is 149 Å². The first-order chi connectivity index (χ1) is 12.1. The lowest BCUT2D eigenvalue weighted by Gasteiger charge is -2.06. The molecular formula is C17H20N4O3S. The zero-order valence-electron chi connectivity index (χ0n) is 13.9. The number of para-hydroxylation sites is 1. The monoisotopic (exact) mass is 360 g/mol. The van der Waals surface area contributed by atoms with E-state index in [-0.39, 0.29) is 12.4 Å². The van der Waals surface area contributed by atoms with Crippen LogP contribution in [0.25, 0.3) is 0 Å². The zero-order chi connectivity index (χ0) is 18.1. The molecule has 2 N–H and O–H groups in total. The van der Waals surface area contributed by atoms with Gasteiger partial charge in [0.15, 0.2) is 0 Å². The summed E-state index contributed by atoms with van der Waals surface area (Å²) in [6.07, 6.45) is 1.84. The van der Waals surface area contributed by atoms with Crippen LogP contribution in [-0.2, 0) is 22.5 Å². The molecule has 0 radical (unpaired) electrons. The summed E-state index contributed by atoms with van der Waals surface area (Å²) in [5, 5.41) is 8.61. The number of benzene rings is 1. The van der Waals surface area contributed by atoms with E-state index in [2.05, 4.69) is 22.4 Å². The van der Waals surface area contributed by atoms with Crippen LogP contribution in [0.4, 0.5) is 10.5 Å². The van der Waals surface area contributed by atoms with Gasteiger partial charge in [0.05, 0.1) is 13.0 Å². The van der Waals surface area contributed by atoms with E-state index in [1.54, 1.807) is 29.7 Å². The first-order valence-corrected chi connectivity index (χ1v) is 8.61. The van der Waals surface area contributed by atoms with Crippen LogP contribution in [0.3, 0.4) is 0 Å². The van der Waals surface area contributed by atoms with Crippen molar-refractivity contribution in [3.05, 3.63) is 58.9 Å². The second-order valence-corrected chi connectivity index (χ2v) is 5.77. The van der Waals surface area contributed by atoms with Crippen molar-refractivity contribution in [3.8, 4) is 0 Å². The van der Waals surface area contributed by atoms with Gasteiger partial charge in [0.25, 0.3) is 0 Å². The Hall–Kier alpha value is -2.87. The average molecular weight is 360 g/mol. The molecule has 2 amide bonds. The molecule has 25 heavy (non-hydrogen) atoms. The van der Waals surface area contributed by atoms with E-state index in [9.17, 15) is 9.59 Å². The van der Waals surface area contributed by atoms with Gasteiger partial charge in [0.1, 0.15) is 0 Å². The Morgan fingerprint density at radius 1 is 1.36 bits per heavy atom. The molecule has 0 unspecified atom stereocenters. The van der Waals surface area contributed by atoms with Crippen LogP contribution in [-0.4, -0.2) is 23.2 Å². The van der Waals surface area contributed by atoms with Crippen molar-refractivity contribution in [3.63, 3.8) is 0 Å². The molecule has 2 rings (SSSR count). The number of aromatic nitrogens is 1. The van der Waals surface area contributed by atoms with Crippen LogP contribution in [0.1, 0.15) is 12.6 Å². The fourth-order valence-electron chi connectivity index (χ4n) is 2.06. The number of nitrogens with one attached hydrogen (secondary N) is 2. The SMILES string of the molecule is C=CCn1c(CC(=O)OCC)cs/c1=N\NC(=O)Nc1ccccc1. The van der Waals surface area contributed by atoms with E-state index in [1.165, 1.54) is 11.3 Å². The molecule has 0 atom stereocenters. The molecule has 132 valence electrons. The van der Waals surface area contributed by atoms with Gasteiger partial charge in [-0.2, -0.15) is 0 Å². The molecule has 0 saturated carbocycles. The van der Waals surface area contributed by atoms with E-state index in [0.717, 1.165) is 5.69 Å². The van der Waals surface area contributed by atoms with Gasteiger partial charge in [-0.05, 0) is 19.1 Å². The molecule has 0 aliphatic carbocycles. The van der Waals surface area contributed by atoms with E-state index in [1.807, 2.05) is 23.6 Å². The Balaban J connectivity index is 2.10. The van der Waals surface area contributed by atoms with Crippen LogP contribution in [0.5, 0.6) is 0 Å². The minimum absolute atomic E-state index is 0.143. The lowest BCUT2D eigenvalue weighted by Crippen LogP contribution is -2.28. The number of carbonyl (C=O) groups is 2. The Bertz CT molecular complexity index is 796. The summed E-state index contributed by atoms with van der Waals surface area (Å²) in [5.41, 5.74) is 3.88. The number of rotatable bonds is 7. The number of ether oxygens (including phenoxy) is 1. The summed E-state index contributed by atoms with van der Waals surface area (Å²) in [6.45, 7) is 6.28. The molecule has 8 heteroatoms. The number of carbonyl (C=O) groups excluding carboxylic acids is 2. The van der Waals surface area contributed by atoms with Gasteiger partial charge < -0.3 is 14.6 Å². The maximum Gasteiger partial charge on any atom is 0.339 e. The van der Waals surface area contributed by atoms with Crippen LogP contribution < -0.4 is 15.5 Å². The second-order valence-electron chi connectivity index (χ2n) is 4.93. The van der Waals surface area contributed by atoms with Crippen molar-refractivity contribution in [1.82, 2.24) is 9.99 Å². The molecule has 0 aliphatic heterocycles. The third kappa shape index (κ3) is 5.61. The van der Waals surface area contributed by atoms with Gasteiger partial charge in [-0.3, -0.25) is 4.79 Å². The summed E-state index contributed by atoms with van der Waals surface area (Å²) in [7, 11) is 0. The molecule has 0 saturated heterocycles. The number of thiazole rings is 1. The molecule has 1 aromatic carbocycles. The molecule has 0 bridgehead atoms. The highest BCUT2D eigenvalue weighted by Gasteiger charge is 2.10. The van der Waals surface area contributed by atoms with Crippen molar-refractivity contribution in [2.75, 3.05) is 11.9 Å². The summed E-state index contributed by atoms with van der Waals surface area (Å²) < 4.78 is 6.77. The Kier molecular flexibility index (Phi) is 6.97. The minimum Gasteiger partial charge on any atom is -0.466 e. The lowest BCUT2D eigenvalue weighted by molar-refractivity contribution is -0.142. The molecular weight excluding hydrogens is 340 g/mol. The van der Waals surface area contributed by atoms with Crippen molar-refractivity contribution >= 4 is 29.0 Å². The van der Waals surface area contributed by atoms with Gasteiger partial charge in [-0.1, -0.05) is 24.3 Å². The Morgan fingerprint density at radius 3 is 2.80 bits per heavy atom. The van der Waals surface area contributed by atoms with E-state index < -0.39 is 6.03 Å². The number of urea groups is 1. The highest BCUT2D eigenvalue weighted by molar-refractivity contribution is 7.07. The number of hydrogen-bond donors (Lipinski definition) is 2. The van der Waals surface area contributed by atoms with Gasteiger partial charge in [0.2, 0.25) is 4.80 Å². The quantitative estimate of drug-likeness (QED) is 0.452. The fourth-order valence-corrected chi connectivity index (χ4v) is 2.93. The number of anilines is 1. The smallest absolute Gasteiger partial charge is 0.339 e. The topological polar surface area (TPSA) is 84.7 Å². The van der Waals surface area contributed by atoms with Crippen molar-refractivity contribution in [2.45, 2.75) is 19.9 Å². The molecule has 1 heterocycles. The van der Waals surface area contributed by atoms with Crippen LogP contribution >= 0.6 is 11.3 Å². The zero-order valence-corrected chi connectivity index (χ0v) is 14.7. The molecule has 0 aliphatic rings. The summed E-state index contributed by atoms with van der Waals surface area (Å²) in [4.78, 5) is 24.1. The third-order valence-electron chi connectivity index (χ3n) is 3.11. The normalized spacial score (nSPS) is 11.0. The number of nitrogens with zero attached hydrogens (tertiary/aromatic N) is 2. The fraction of sp³-hybridized carbons (Fsp3) is 0.235. The summed E-state index contributed by atoms with van der Waals surface area (Å²) in [5.74, 6) is -0.306. The molecule has 1 aromatic heterocycles. The van der Waals surface area contributed by atoms with Crippen LogP contribution in [0.15, 0.2) is 53.5 Å². The average Bonchev–Trinajstić information content (AvgIpc) is 2.96. The number of allylic oxidation sites excluding steroid dienone is 1. The summed E-state index contributed by atoms with van der Waals surface area (Å²) >= 11 is 1.32. The third-order valence-corrected chi connectivity index (χ3v) is 4.02. The minimum atomic E-state index is -0.448. The lowest BCUT2D eigenvalue weighted by atomic mass is 10.3. The first-order valence-electron chi connectivity index (χ1n) is 7.73. The van der Waals surface area contributed by atoms with E-state index in [0.29, 0.717) is 23.6 Å². The first kappa shape index (κ1) is 18.5.